The first kappa shape index (κ1) is 28.6. The summed E-state index contributed by atoms with van der Waals surface area (Å²) >= 11 is 0. The molecule has 0 aliphatic rings. The molecule has 0 unspecified atom stereocenters. The van der Waals surface area contributed by atoms with Crippen molar-refractivity contribution in [3.8, 4) is 11.5 Å². The molecule has 0 spiro atoms. The minimum absolute atomic E-state index is 0.115. The van der Waals surface area contributed by atoms with Crippen LogP contribution in [0.15, 0.2) is 78.0 Å². The number of anilines is 1. The van der Waals surface area contributed by atoms with Crippen molar-refractivity contribution in [2.75, 3.05) is 19.5 Å². The second-order valence-corrected chi connectivity index (χ2v) is 9.41. The van der Waals surface area contributed by atoms with Gasteiger partial charge in [0.2, 0.25) is 0 Å². The monoisotopic (exact) mass is 514 g/mol. The van der Waals surface area contributed by atoms with Crippen LogP contribution in [0.2, 0.25) is 0 Å². The quantitative estimate of drug-likeness (QED) is 0.239. The summed E-state index contributed by atoms with van der Waals surface area (Å²) in [5, 5.41) is 16.7. The van der Waals surface area contributed by atoms with Crippen LogP contribution >= 0.6 is 0 Å². The number of methoxy groups -OCH3 is 1. The zero-order valence-electron chi connectivity index (χ0n) is 23.5. The number of rotatable bonds is 10. The largest absolute Gasteiger partial charge is 0.504 e. The van der Waals surface area contributed by atoms with Crippen molar-refractivity contribution in [1.29, 1.82) is 0 Å². The molecule has 38 heavy (non-hydrogen) atoms. The molecular formula is C33H39FN2O2. The first-order valence-corrected chi connectivity index (χ1v) is 13.0. The van der Waals surface area contributed by atoms with Gasteiger partial charge in [-0.3, -0.25) is 0 Å². The number of allylic oxidation sites excluding steroid dienone is 5. The number of nitrogens with one attached hydrogen (secondary N) is 2. The molecule has 0 saturated carbocycles. The summed E-state index contributed by atoms with van der Waals surface area (Å²) in [6.45, 7) is 10.7. The van der Waals surface area contributed by atoms with Crippen LogP contribution in [0.4, 0.5) is 10.1 Å². The number of aromatic hydroxyl groups is 1. The Bertz CT molecular complexity index is 1390. The van der Waals surface area contributed by atoms with Crippen molar-refractivity contribution >= 4 is 16.8 Å². The fourth-order valence-corrected chi connectivity index (χ4v) is 4.45. The van der Waals surface area contributed by atoms with Crippen molar-refractivity contribution < 1.29 is 14.2 Å². The molecule has 0 heterocycles. The lowest BCUT2D eigenvalue weighted by Gasteiger charge is -2.20. The molecule has 3 aromatic rings. The molecule has 0 amide bonds. The molecule has 4 nitrogen and oxygen atoms in total. The maximum Gasteiger partial charge on any atom is 0.160 e. The van der Waals surface area contributed by atoms with Gasteiger partial charge >= 0.3 is 0 Å². The summed E-state index contributed by atoms with van der Waals surface area (Å²) in [6, 6.07) is 17.1. The number of ether oxygens (including phenoxy) is 1. The summed E-state index contributed by atoms with van der Waals surface area (Å²) in [7, 11) is 3.47. The molecule has 200 valence electrons. The second-order valence-electron chi connectivity index (χ2n) is 9.41. The summed E-state index contributed by atoms with van der Waals surface area (Å²) in [4.78, 5) is 0. The Morgan fingerprint density at radius 1 is 1.00 bits per heavy atom. The van der Waals surface area contributed by atoms with Crippen LogP contribution in [-0.2, 0) is 6.54 Å². The van der Waals surface area contributed by atoms with Crippen LogP contribution in [0.5, 0.6) is 11.5 Å². The van der Waals surface area contributed by atoms with Crippen molar-refractivity contribution in [2.45, 2.75) is 47.6 Å². The highest BCUT2D eigenvalue weighted by atomic mass is 19.1. The van der Waals surface area contributed by atoms with Gasteiger partial charge in [-0.15, -0.1) is 0 Å². The number of benzene rings is 3. The van der Waals surface area contributed by atoms with Gasteiger partial charge in [-0.2, -0.15) is 0 Å². The Morgan fingerprint density at radius 3 is 2.32 bits per heavy atom. The van der Waals surface area contributed by atoms with Gasteiger partial charge in [-0.1, -0.05) is 36.8 Å². The zero-order chi connectivity index (χ0) is 27.8. The molecule has 0 saturated heterocycles. The van der Waals surface area contributed by atoms with E-state index < -0.39 is 0 Å². The van der Waals surface area contributed by atoms with E-state index in [1.54, 1.807) is 26.2 Å². The summed E-state index contributed by atoms with van der Waals surface area (Å²) < 4.78 is 19.5. The van der Waals surface area contributed by atoms with Crippen molar-refractivity contribution in [2.24, 2.45) is 0 Å². The van der Waals surface area contributed by atoms with Crippen LogP contribution in [0, 0.1) is 19.7 Å². The molecule has 0 aromatic heterocycles. The third-order valence-electron chi connectivity index (χ3n) is 6.83. The fraction of sp³-hybridized carbons (Fsp3) is 0.273. The minimum Gasteiger partial charge on any atom is -0.504 e. The number of halogens is 1. The zero-order valence-corrected chi connectivity index (χ0v) is 23.5. The lowest BCUT2D eigenvalue weighted by molar-refractivity contribution is 0.373. The number of phenols is 1. The number of hydrogen-bond donors (Lipinski definition) is 3. The van der Waals surface area contributed by atoms with Gasteiger partial charge in [0.15, 0.2) is 11.5 Å². The highest BCUT2D eigenvalue weighted by Gasteiger charge is 2.16. The van der Waals surface area contributed by atoms with Gasteiger partial charge in [0.1, 0.15) is 5.82 Å². The molecule has 0 aliphatic heterocycles. The molecule has 3 N–H and O–H groups in total. The van der Waals surface area contributed by atoms with Crippen molar-refractivity contribution in [3.63, 3.8) is 0 Å². The van der Waals surface area contributed by atoms with E-state index in [2.05, 4.69) is 55.7 Å². The van der Waals surface area contributed by atoms with Crippen molar-refractivity contribution in [1.82, 2.24) is 5.32 Å². The Morgan fingerprint density at radius 2 is 1.71 bits per heavy atom. The lowest BCUT2D eigenvalue weighted by atomic mass is 9.86. The minimum atomic E-state index is -0.206. The van der Waals surface area contributed by atoms with Crippen LogP contribution < -0.4 is 15.4 Å². The maximum atomic E-state index is 14.2. The predicted molar refractivity (Wildman–Crippen MR) is 158 cm³/mol. The summed E-state index contributed by atoms with van der Waals surface area (Å²) in [6.07, 6.45) is 5.07. The van der Waals surface area contributed by atoms with E-state index in [9.17, 15) is 9.50 Å². The number of hydrogen-bond acceptors (Lipinski definition) is 4. The number of phenolic OH excluding ortho intramolecular Hbond substituents is 1. The maximum absolute atomic E-state index is 14.2. The van der Waals surface area contributed by atoms with Gasteiger partial charge in [-0.05, 0) is 116 Å². The Hall–Kier alpha value is -3.99. The van der Waals surface area contributed by atoms with Gasteiger partial charge < -0.3 is 20.5 Å². The Kier molecular flexibility index (Phi) is 9.78. The molecule has 3 aromatic carbocycles. The molecule has 0 aliphatic carbocycles. The fourth-order valence-electron chi connectivity index (χ4n) is 4.45. The SMILES string of the molecule is C\C=C(/C=C(\C(=C(/C)CC)c1ccc(F)c(C)c1)c1ccc(NC)c(C)c1)NCc1ccc(O)c(OC)c1. The molecule has 0 fully saturated rings. The molecule has 5 heteroatoms. The Labute approximate surface area is 226 Å². The molecule has 0 bridgehead atoms. The number of aryl methyl sites for hydroxylation is 2. The normalized spacial score (nSPS) is 12.7. The average Bonchev–Trinajstić information content (AvgIpc) is 2.92. The van der Waals surface area contributed by atoms with E-state index in [1.165, 1.54) is 5.57 Å². The van der Waals surface area contributed by atoms with E-state index in [-0.39, 0.29) is 11.6 Å². The molecule has 0 radical (unpaired) electrons. The third-order valence-corrected chi connectivity index (χ3v) is 6.83. The van der Waals surface area contributed by atoms with Crippen LogP contribution in [0.3, 0.4) is 0 Å². The van der Waals surface area contributed by atoms with Gasteiger partial charge in [0.05, 0.1) is 7.11 Å². The second kappa shape index (κ2) is 13.0. The topological polar surface area (TPSA) is 53.5 Å². The first-order valence-electron chi connectivity index (χ1n) is 13.0. The molecule has 0 atom stereocenters. The highest BCUT2D eigenvalue weighted by molar-refractivity contribution is 6.07. The van der Waals surface area contributed by atoms with Gasteiger partial charge in [0.25, 0.3) is 0 Å². The van der Waals surface area contributed by atoms with E-state index in [4.69, 9.17) is 4.74 Å². The standard InChI is InChI=1S/C33H39FN2O2/c1-8-21(3)33(26-11-13-29(34)22(4)16-26)28(25-12-14-30(35-6)23(5)17-25)19-27(9-2)36-20-24-10-15-31(37)32(18-24)38-7/h9-19,35-37H,8,20H2,1-7H3/b27-9+,28-19-,33-21+. The molecular weight excluding hydrogens is 475 g/mol. The lowest BCUT2D eigenvalue weighted by Crippen LogP contribution is -2.12. The van der Waals surface area contributed by atoms with E-state index in [0.717, 1.165) is 51.2 Å². The molecule has 3 rings (SSSR count). The predicted octanol–water partition coefficient (Wildman–Crippen LogP) is 8.16. The van der Waals surface area contributed by atoms with E-state index in [1.807, 2.05) is 44.3 Å². The smallest absolute Gasteiger partial charge is 0.160 e. The van der Waals surface area contributed by atoms with Crippen LogP contribution in [0.1, 0.15) is 55.0 Å². The average molecular weight is 515 g/mol. The summed E-state index contributed by atoms with van der Waals surface area (Å²) in [5.41, 5.74) is 10.2. The summed E-state index contributed by atoms with van der Waals surface area (Å²) in [5.74, 6) is 0.352. The van der Waals surface area contributed by atoms with Gasteiger partial charge in [-0.25, -0.2) is 4.39 Å². The van der Waals surface area contributed by atoms with Crippen LogP contribution in [-0.4, -0.2) is 19.3 Å². The first-order chi connectivity index (χ1) is 18.2. The van der Waals surface area contributed by atoms with E-state index >= 15 is 0 Å². The van der Waals surface area contributed by atoms with Crippen molar-refractivity contribution in [3.05, 3.63) is 112 Å². The van der Waals surface area contributed by atoms with Gasteiger partial charge in [0, 0.05) is 25.0 Å². The highest BCUT2D eigenvalue weighted by Crippen LogP contribution is 2.37. The third kappa shape index (κ3) is 6.65. The Balaban J connectivity index is 2.14. The van der Waals surface area contributed by atoms with E-state index in [0.29, 0.717) is 17.9 Å². The van der Waals surface area contributed by atoms with Crippen LogP contribution in [0.25, 0.3) is 11.1 Å².